The van der Waals surface area contributed by atoms with Crippen LogP contribution in [0.15, 0.2) is 46.4 Å². The van der Waals surface area contributed by atoms with Crippen LogP contribution in [-0.4, -0.2) is 24.8 Å². The molecular formula is C15H16N2O4S. The summed E-state index contributed by atoms with van der Waals surface area (Å²) >= 11 is 0. The number of aromatic hydroxyl groups is 2. The van der Waals surface area contributed by atoms with Gasteiger partial charge in [-0.05, 0) is 43.2 Å². The molecule has 0 bridgehead atoms. The number of hydrogen-bond acceptors (Lipinski definition) is 5. The molecule has 3 N–H and O–H groups in total. The van der Waals surface area contributed by atoms with Gasteiger partial charge in [0, 0.05) is 11.6 Å². The highest BCUT2D eigenvalue weighted by Gasteiger charge is 2.15. The van der Waals surface area contributed by atoms with Gasteiger partial charge in [-0.25, -0.2) is 4.83 Å². The second kappa shape index (κ2) is 6.07. The van der Waals surface area contributed by atoms with E-state index in [0.29, 0.717) is 5.56 Å². The first-order valence-corrected chi connectivity index (χ1v) is 7.92. The minimum atomic E-state index is -3.78. The highest BCUT2D eigenvalue weighted by atomic mass is 32.2. The van der Waals surface area contributed by atoms with Crippen LogP contribution < -0.4 is 4.83 Å². The van der Waals surface area contributed by atoms with E-state index in [4.69, 9.17) is 0 Å². The third kappa shape index (κ3) is 3.56. The van der Waals surface area contributed by atoms with Crippen molar-refractivity contribution in [2.75, 3.05) is 0 Å². The number of sulfonamides is 1. The van der Waals surface area contributed by atoms with E-state index in [1.165, 1.54) is 12.1 Å². The smallest absolute Gasteiger partial charge is 0.276 e. The van der Waals surface area contributed by atoms with Crippen LogP contribution in [0.25, 0.3) is 0 Å². The molecule has 2 aromatic carbocycles. The fourth-order valence-electron chi connectivity index (χ4n) is 1.85. The summed E-state index contributed by atoms with van der Waals surface area (Å²) in [6.45, 7) is 3.50. The summed E-state index contributed by atoms with van der Waals surface area (Å²) in [5.74, 6) is -0.291. The predicted molar refractivity (Wildman–Crippen MR) is 83.6 cm³/mol. The lowest BCUT2D eigenvalue weighted by Gasteiger charge is -2.07. The third-order valence-electron chi connectivity index (χ3n) is 3.02. The van der Waals surface area contributed by atoms with Crippen LogP contribution in [-0.2, 0) is 10.0 Å². The second-order valence-electron chi connectivity index (χ2n) is 4.86. The van der Waals surface area contributed by atoms with Gasteiger partial charge in [-0.2, -0.15) is 13.5 Å². The molecular weight excluding hydrogens is 304 g/mol. The molecule has 7 heteroatoms. The van der Waals surface area contributed by atoms with E-state index in [2.05, 4.69) is 9.93 Å². The maximum atomic E-state index is 12.2. The molecule has 6 nitrogen and oxygen atoms in total. The van der Waals surface area contributed by atoms with Crippen molar-refractivity contribution in [3.05, 3.63) is 53.1 Å². The van der Waals surface area contributed by atoms with Gasteiger partial charge in [0.05, 0.1) is 11.1 Å². The van der Waals surface area contributed by atoms with Crippen molar-refractivity contribution in [1.82, 2.24) is 4.83 Å². The van der Waals surface area contributed by atoms with Gasteiger partial charge in [-0.3, -0.25) is 0 Å². The van der Waals surface area contributed by atoms with Crippen LogP contribution in [0.1, 0.15) is 16.7 Å². The number of rotatable bonds is 4. The number of phenols is 2. The predicted octanol–water partition coefficient (Wildman–Crippen LogP) is 2.03. The van der Waals surface area contributed by atoms with Gasteiger partial charge in [-0.1, -0.05) is 12.1 Å². The van der Waals surface area contributed by atoms with Crippen molar-refractivity contribution in [2.24, 2.45) is 5.10 Å². The summed E-state index contributed by atoms with van der Waals surface area (Å²) in [5.41, 5.74) is 1.72. The molecule has 0 amide bonds. The minimum Gasteiger partial charge on any atom is -0.508 e. The van der Waals surface area contributed by atoms with Crippen molar-refractivity contribution >= 4 is 16.2 Å². The van der Waals surface area contributed by atoms with E-state index in [0.717, 1.165) is 17.8 Å². The molecule has 0 aromatic heterocycles. The Morgan fingerprint density at radius 3 is 2.50 bits per heavy atom. The number of nitrogens with one attached hydrogen (secondary N) is 1. The van der Waals surface area contributed by atoms with Crippen molar-refractivity contribution in [3.63, 3.8) is 0 Å². The van der Waals surface area contributed by atoms with Crippen LogP contribution in [0, 0.1) is 13.8 Å². The number of phenolic OH excluding ortho intramolecular Hbond substituents is 2. The first-order valence-electron chi connectivity index (χ1n) is 6.44. The zero-order valence-electron chi connectivity index (χ0n) is 12.1. The van der Waals surface area contributed by atoms with Gasteiger partial charge in [0.1, 0.15) is 11.5 Å². The fraction of sp³-hybridized carbons (Fsp3) is 0.133. The quantitative estimate of drug-likeness (QED) is 0.593. The molecule has 0 saturated heterocycles. The Labute approximate surface area is 128 Å². The molecule has 0 spiro atoms. The summed E-state index contributed by atoms with van der Waals surface area (Å²) in [4.78, 5) is 2.25. The zero-order valence-corrected chi connectivity index (χ0v) is 12.9. The molecule has 0 aliphatic heterocycles. The van der Waals surface area contributed by atoms with Gasteiger partial charge < -0.3 is 10.2 Å². The van der Waals surface area contributed by atoms with E-state index < -0.39 is 10.0 Å². The maximum Gasteiger partial charge on any atom is 0.276 e. The SMILES string of the molecule is Cc1ccc(C)c(S(=O)(=O)NN=Cc2ccc(O)cc2O)c1. The topological polar surface area (TPSA) is 99.0 Å². The molecule has 0 aliphatic carbocycles. The lowest BCUT2D eigenvalue weighted by molar-refractivity contribution is 0.450. The molecule has 0 atom stereocenters. The van der Waals surface area contributed by atoms with Crippen LogP contribution in [0.3, 0.4) is 0 Å². The van der Waals surface area contributed by atoms with Crippen LogP contribution >= 0.6 is 0 Å². The second-order valence-corrected chi connectivity index (χ2v) is 6.49. The Bertz CT molecular complexity index is 829. The summed E-state index contributed by atoms with van der Waals surface area (Å²) < 4.78 is 24.4. The number of nitrogens with zero attached hydrogens (tertiary/aromatic N) is 1. The number of benzene rings is 2. The molecule has 2 rings (SSSR count). The summed E-state index contributed by atoms with van der Waals surface area (Å²) in [7, 11) is -3.78. The fourth-order valence-corrected chi connectivity index (χ4v) is 2.98. The maximum absolute atomic E-state index is 12.2. The highest BCUT2D eigenvalue weighted by molar-refractivity contribution is 7.89. The molecule has 0 aliphatic rings. The van der Waals surface area contributed by atoms with Crippen LogP contribution in [0.5, 0.6) is 11.5 Å². The Hall–Kier alpha value is -2.54. The summed E-state index contributed by atoms with van der Waals surface area (Å²) in [6, 6.07) is 9.03. The van der Waals surface area contributed by atoms with Gasteiger partial charge in [0.2, 0.25) is 0 Å². The summed E-state index contributed by atoms with van der Waals surface area (Å²) in [5, 5.41) is 22.4. The van der Waals surface area contributed by atoms with E-state index >= 15 is 0 Å². The Morgan fingerprint density at radius 2 is 1.82 bits per heavy atom. The first-order chi connectivity index (χ1) is 10.3. The largest absolute Gasteiger partial charge is 0.508 e. The van der Waals surface area contributed by atoms with E-state index in [9.17, 15) is 18.6 Å². The Kier molecular flexibility index (Phi) is 4.37. The number of aryl methyl sites for hydroxylation is 2. The van der Waals surface area contributed by atoms with Crippen LogP contribution in [0.2, 0.25) is 0 Å². The van der Waals surface area contributed by atoms with E-state index in [-0.39, 0.29) is 22.0 Å². The van der Waals surface area contributed by atoms with Gasteiger partial charge >= 0.3 is 0 Å². The Balaban J connectivity index is 2.22. The van der Waals surface area contributed by atoms with Gasteiger partial charge in [0.15, 0.2) is 0 Å². The normalized spacial score (nSPS) is 11.7. The molecule has 2 aromatic rings. The van der Waals surface area contributed by atoms with E-state index in [1.807, 2.05) is 6.07 Å². The number of hydrogen-bond donors (Lipinski definition) is 3. The third-order valence-corrected chi connectivity index (χ3v) is 4.39. The number of hydrazone groups is 1. The minimum absolute atomic E-state index is 0.0920. The molecule has 0 heterocycles. The van der Waals surface area contributed by atoms with Crippen molar-refractivity contribution < 1.29 is 18.6 Å². The average molecular weight is 320 g/mol. The van der Waals surface area contributed by atoms with Gasteiger partial charge in [0.25, 0.3) is 10.0 Å². The first kappa shape index (κ1) is 15.8. The average Bonchev–Trinajstić information content (AvgIpc) is 2.44. The molecule has 116 valence electrons. The summed E-state index contributed by atoms with van der Waals surface area (Å²) in [6.07, 6.45) is 1.16. The van der Waals surface area contributed by atoms with Crippen LogP contribution in [0.4, 0.5) is 0 Å². The lowest BCUT2D eigenvalue weighted by Crippen LogP contribution is -2.19. The van der Waals surface area contributed by atoms with Crippen molar-refractivity contribution in [3.8, 4) is 11.5 Å². The molecule has 0 unspecified atom stereocenters. The van der Waals surface area contributed by atoms with Crippen molar-refractivity contribution in [1.29, 1.82) is 0 Å². The van der Waals surface area contributed by atoms with Gasteiger partial charge in [-0.15, -0.1) is 0 Å². The van der Waals surface area contributed by atoms with E-state index in [1.54, 1.807) is 26.0 Å². The lowest BCUT2D eigenvalue weighted by atomic mass is 10.2. The van der Waals surface area contributed by atoms with Crippen molar-refractivity contribution in [2.45, 2.75) is 18.7 Å². The molecule has 0 saturated carbocycles. The molecule has 0 fully saturated rings. The highest BCUT2D eigenvalue weighted by Crippen LogP contribution is 2.21. The molecule has 22 heavy (non-hydrogen) atoms. The monoisotopic (exact) mass is 320 g/mol. The Morgan fingerprint density at radius 1 is 1.09 bits per heavy atom. The standard InChI is InChI=1S/C15H16N2O4S/c1-10-3-4-11(2)15(7-10)22(20,21)17-16-9-12-5-6-13(18)8-14(12)19/h3-9,17-19H,1-2H3. The molecule has 0 radical (unpaired) electrons. The zero-order chi connectivity index (χ0) is 16.3.